The lowest BCUT2D eigenvalue weighted by molar-refractivity contribution is -0.126. The van der Waals surface area contributed by atoms with Crippen LogP contribution in [0.3, 0.4) is 0 Å². The fraction of sp³-hybridized carbons (Fsp3) is 0.583. The predicted molar refractivity (Wildman–Crippen MR) is 64.5 cm³/mol. The maximum Gasteiger partial charge on any atom is 0.237 e. The Bertz CT molecular complexity index is 345. The van der Waals surface area contributed by atoms with E-state index in [1.165, 1.54) is 0 Å². The van der Waals surface area contributed by atoms with Gasteiger partial charge in [0.25, 0.3) is 0 Å². The zero-order valence-corrected chi connectivity index (χ0v) is 10.1. The van der Waals surface area contributed by atoms with Crippen molar-refractivity contribution < 1.29 is 9.21 Å². The number of rotatable bonds is 4. The molecule has 94 valence electrons. The first-order valence-corrected chi connectivity index (χ1v) is 6.02. The average Bonchev–Trinajstić information content (AvgIpc) is 2.89. The van der Waals surface area contributed by atoms with E-state index in [0.29, 0.717) is 6.54 Å². The van der Waals surface area contributed by atoms with Gasteiger partial charge in [-0.1, -0.05) is 0 Å². The summed E-state index contributed by atoms with van der Waals surface area (Å²) in [5.41, 5.74) is 0. The number of carbonyl (C=O) groups is 1. The van der Waals surface area contributed by atoms with Gasteiger partial charge in [0.1, 0.15) is 5.76 Å². The second-order valence-corrected chi connectivity index (χ2v) is 4.26. The number of nitrogens with zero attached hydrogens (tertiary/aromatic N) is 1. The van der Waals surface area contributed by atoms with Crippen LogP contribution in [0, 0.1) is 0 Å². The summed E-state index contributed by atoms with van der Waals surface area (Å²) in [5.74, 6) is 0.842. The number of amides is 1. The lowest BCUT2D eigenvalue weighted by atomic mass is 10.2. The fourth-order valence-electron chi connectivity index (χ4n) is 1.97. The second kappa shape index (κ2) is 5.84. The van der Waals surface area contributed by atoms with Gasteiger partial charge in [0, 0.05) is 26.2 Å². The molecule has 1 saturated heterocycles. The van der Waals surface area contributed by atoms with Gasteiger partial charge in [0.05, 0.1) is 18.8 Å². The molecule has 5 heteroatoms. The molecule has 1 aromatic rings. The van der Waals surface area contributed by atoms with Crippen LogP contribution in [-0.4, -0.2) is 43.0 Å². The number of nitrogens with one attached hydrogen (secondary N) is 2. The smallest absolute Gasteiger partial charge is 0.237 e. The largest absolute Gasteiger partial charge is 0.467 e. The highest BCUT2D eigenvalue weighted by molar-refractivity contribution is 5.81. The second-order valence-electron chi connectivity index (χ2n) is 4.26. The molecule has 1 fully saturated rings. The minimum atomic E-state index is -0.0768. The summed E-state index contributed by atoms with van der Waals surface area (Å²) in [6.07, 6.45) is 1.61. The number of carbonyl (C=O) groups excluding carboxylic acids is 1. The number of hydrogen-bond donors (Lipinski definition) is 2. The van der Waals surface area contributed by atoms with Crippen LogP contribution >= 0.6 is 0 Å². The Hall–Kier alpha value is -1.33. The minimum Gasteiger partial charge on any atom is -0.467 e. The molecular formula is C12H19N3O2. The predicted octanol–water partition coefficient (Wildman–Crippen LogP) is 0.190. The summed E-state index contributed by atoms with van der Waals surface area (Å²) in [6.45, 7) is 6.17. The van der Waals surface area contributed by atoms with Gasteiger partial charge in [0.15, 0.2) is 0 Å². The van der Waals surface area contributed by atoms with Crippen LogP contribution in [0.1, 0.15) is 12.7 Å². The first-order valence-electron chi connectivity index (χ1n) is 6.02. The van der Waals surface area contributed by atoms with E-state index in [4.69, 9.17) is 4.42 Å². The van der Waals surface area contributed by atoms with Gasteiger partial charge in [-0.25, -0.2) is 0 Å². The van der Waals surface area contributed by atoms with Crippen molar-refractivity contribution in [3.63, 3.8) is 0 Å². The Morgan fingerprint density at radius 3 is 3.00 bits per heavy atom. The lowest BCUT2D eigenvalue weighted by Crippen LogP contribution is -2.52. The van der Waals surface area contributed by atoms with Gasteiger partial charge in [-0.05, 0) is 19.1 Å². The normalized spacial score (nSPS) is 18.9. The quantitative estimate of drug-likeness (QED) is 0.785. The van der Waals surface area contributed by atoms with Gasteiger partial charge >= 0.3 is 0 Å². The van der Waals surface area contributed by atoms with Crippen molar-refractivity contribution in [3.8, 4) is 0 Å². The summed E-state index contributed by atoms with van der Waals surface area (Å²) in [7, 11) is 0. The zero-order valence-electron chi connectivity index (χ0n) is 10.1. The summed E-state index contributed by atoms with van der Waals surface area (Å²) < 4.78 is 5.17. The monoisotopic (exact) mass is 237 g/mol. The Morgan fingerprint density at radius 2 is 2.35 bits per heavy atom. The van der Waals surface area contributed by atoms with Crippen LogP contribution < -0.4 is 10.6 Å². The van der Waals surface area contributed by atoms with Crippen molar-refractivity contribution in [2.45, 2.75) is 19.5 Å². The zero-order chi connectivity index (χ0) is 12.1. The van der Waals surface area contributed by atoms with Crippen LogP contribution in [0.4, 0.5) is 0 Å². The summed E-state index contributed by atoms with van der Waals surface area (Å²) in [4.78, 5) is 14.1. The molecular weight excluding hydrogens is 218 g/mol. The van der Waals surface area contributed by atoms with Crippen molar-refractivity contribution in [1.29, 1.82) is 0 Å². The fourth-order valence-corrected chi connectivity index (χ4v) is 1.97. The molecule has 17 heavy (non-hydrogen) atoms. The molecule has 5 nitrogen and oxygen atoms in total. The maximum atomic E-state index is 11.9. The molecule has 1 aromatic heterocycles. The molecule has 1 aliphatic rings. The van der Waals surface area contributed by atoms with Crippen molar-refractivity contribution in [3.05, 3.63) is 24.2 Å². The highest BCUT2D eigenvalue weighted by atomic mass is 16.3. The van der Waals surface area contributed by atoms with Gasteiger partial charge in [-0.3, -0.25) is 9.69 Å². The highest BCUT2D eigenvalue weighted by Gasteiger charge is 2.22. The summed E-state index contributed by atoms with van der Waals surface area (Å²) >= 11 is 0. The molecule has 0 bridgehead atoms. The standard InChI is InChI=1S/C12H19N3O2/c1-10(15-6-4-13-5-7-15)12(16)14-9-11-3-2-8-17-11/h2-3,8,10,13H,4-7,9H2,1H3,(H,14,16). The van der Waals surface area contributed by atoms with Crippen LogP contribution in [0.2, 0.25) is 0 Å². The van der Waals surface area contributed by atoms with Crippen LogP contribution in [0.25, 0.3) is 0 Å². The Morgan fingerprint density at radius 1 is 1.59 bits per heavy atom. The van der Waals surface area contributed by atoms with E-state index in [-0.39, 0.29) is 11.9 Å². The van der Waals surface area contributed by atoms with E-state index in [1.54, 1.807) is 6.26 Å². The molecule has 0 aliphatic carbocycles. The molecule has 1 amide bonds. The molecule has 0 saturated carbocycles. The average molecular weight is 237 g/mol. The van der Waals surface area contributed by atoms with E-state index in [1.807, 2.05) is 19.1 Å². The van der Waals surface area contributed by atoms with E-state index in [9.17, 15) is 4.79 Å². The molecule has 2 rings (SSSR count). The van der Waals surface area contributed by atoms with Crippen LogP contribution in [0.5, 0.6) is 0 Å². The van der Waals surface area contributed by atoms with E-state index < -0.39 is 0 Å². The first kappa shape index (κ1) is 12.1. The third kappa shape index (κ3) is 3.31. The van der Waals surface area contributed by atoms with Crippen molar-refractivity contribution in [2.75, 3.05) is 26.2 Å². The SMILES string of the molecule is CC(C(=O)NCc1ccco1)N1CCNCC1. The molecule has 0 radical (unpaired) electrons. The topological polar surface area (TPSA) is 57.5 Å². The molecule has 1 atom stereocenters. The maximum absolute atomic E-state index is 11.9. The van der Waals surface area contributed by atoms with Gasteiger partial charge < -0.3 is 15.1 Å². The van der Waals surface area contributed by atoms with Gasteiger partial charge in [0.2, 0.25) is 5.91 Å². The molecule has 1 unspecified atom stereocenters. The van der Waals surface area contributed by atoms with E-state index >= 15 is 0 Å². The summed E-state index contributed by atoms with van der Waals surface area (Å²) in [5, 5.41) is 6.16. The van der Waals surface area contributed by atoms with Gasteiger partial charge in [-0.15, -0.1) is 0 Å². The third-order valence-corrected chi connectivity index (χ3v) is 3.10. The Labute approximate surface area is 101 Å². The van der Waals surface area contributed by atoms with Crippen LogP contribution in [-0.2, 0) is 11.3 Å². The van der Waals surface area contributed by atoms with Crippen molar-refractivity contribution >= 4 is 5.91 Å². The van der Waals surface area contributed by atoms with Gasteiger partial charge in [-0.2, -0.15) is 0 Å². The Balaban J connectivity index is 1.78. The first-order chi connectivity index (χ1) is 8.27. The van der Waals surface area contributed by atoms with E-state index in [2.05, 4.69) is 15.5 Å². The van der Waals surface area contributed by atoms with Crippen LogP contribution in [0.15, 0.2) is 22.8 Å². The molecule has 2 N–H and O–H groups in total. The number of furan rings is 1. The molecule has 2 heterocycles. The van der Waals surface area contributed by atoms with E-state index in [0.717, 1.165) is 31.9 Å². The van der Waals surface area contributed by atoms with Crippen molar-refractivity contribution in [1.82, 2.24) is 15.5 Å². The molecule has 0 aromatic carbocycles. The molecule has 1 aliphatic heterocycles. The highest BCUT2D eigenvalue weighted by Crippen LogP contribution is 2.03. The van der Waals surface area contributed by atoms with Crippen molar-refractivity contribution in [2.24, 2.45) is 0 Å². The number of hydrogen-bond acceptors (Lipinski definition) is 4. The third-order valence-electron chi connectivity index (χ3n) is 3.10. The molecule has 0 spiro atoms. The minimum absolute atomic E-state index is 0.0586. The lowest BCUT2D eigenvalue weighted by Gasteiger charge is -2.31. The Kier molecular flexibility index (Phi) is 4.17. The summed E-state index contributed by atoms with van der Waals surface area (Å²) in [6, 6.07) is 3.60. The number of piperazine rings is 1.